The fraction of sp³-hybridized carbons (Fsp3) is 0.316. The van der Waals surface area contributed by atoms with E-state index in [4.69, 9.17) is 4.74 Å². The molecule has 2 aromatic carbocycles. The number of benzene rings is 2. The monoisotopic (exact) mass is 466 g/mol. The average molecular weight is 466 g/mol. The van der Waals surface area contributed by atoms with Crippen LogP contribution >= 0.6 is 22.6 Å². The van der Waals surface area contributed by atoms with Gasteiger partial charge >= 0.3 is 5.97 Å². The summed E-state index contributed by atoms with van der Waals surface area (Å²) in [4.78, 5) is 23.2. The summed E-state index contributed by atoms with van der Waals surface area (Å²) >= 11 is 2.02. The van der Waals surface area contributed by atoms with Crippen molar-refractivity contribution >= 4 is 34.2 Å². The van der Waals surface area contributed by atoms with Gasteiger partial charge in [0.25, 0.3) is 5.69 Å². The maximum Gasteiger partial charge on any atom is 0.324 e. The zero-order valence-corrected chi connectivity index (χ0v) is 16.2. The smallest absolute Gasteiger partial charge is 0.324 e. The Morgan fingerprint density at radius 3 is 2.31 bits per heavy atom. The van der Waals surface area contributed by atoms with E-state index in [0.29, 0.717) is 18.4 Å². The quantitative estimate of drug-likeness (QED) is 0.238. The summed E-state index contributed by atoms with van der Waals surface area (Å²) < 4.78 is 5.51. The molecule has 6 nitrogen and oxygen atoms in total. The van der Waals surface area contributed by atoms with E-state index in [0.717, 1.165) is 18.7 Å². The van der Waals surface area contributed by atoms with Crippen LogP contribution in [-0.2, 0) is 15.1 Å². The van der Waals surface area contributed by atoms with E-state index in [1.807, 2.05) is 52.9 Å². The average Bonchev–Trinajstić information content (AvgIpc) is 2.69. The Morgan fingerprint density at radius 2 is 1.73 bits per heavy atom. The number of carbonyl (C=O) groups excluding carboxylic acids is 1. The SMILES string of the molecule is O=C(OC1(c2ccccc2)CCNCC1)C(I)c1ccc([N+](=O)[O-])cc1. The fourth-order valence-electron chi connectivity index (χ4n) is 3.17. The largest absolute Gasteiger partial charge is 0.453 e. The first-order chi connectivity index (χ1) is 12.5. The van der Waals surface area contributed by atoms with Crippen LogP contribution in [0.1, 0.15) is 27.9 Å². The van der Waals surface area contributed by atoms with Crippen molar-refractivity contribution in [2.24, 2.45) is 0 Å². The second kappa shape index (κ2) is 8.13. The number of halogens is 1. The number of alkyl halides is 1. The first-order valence-corrected chi connectivity index (χ1v) is 9.64. The lowest BCUT2D eigenvalue weighted by Crippen LogP contribution is -2.43. The molecule has 0 aromatic heterocycles. The van der Waals surface area contributed by atoms with E-state index in [1.54, 1.807) is 12.1 Å². The molecule has 1 fully saturated rings. The molecule has 1 N–H and O–H groups in total. The highest BCUT2D eigenvalue weighted by molar-refractivity contribution is 14.1. The molecule has 1 aliphatic rings. The first kappa shape index (κ1) is 18.8. The molecule has 0 radical (unpaired) electrons. The van der Waals surface area contributed by atoms with Crippen molar-refractivity contribution in [2.45, 2.75) is 22.4 Å². The summed E-state index contributed by atoms with van der Waals surface area (Å²) in [5, 5.41) is 14.1. The lowest BCUT2D eigenvalue weighted by atomic mass is 9.84. The van der Waals surface area contributed by atoms with Crippen LogP contribution in [0, 0.1) is 10.1 Å². The third-order valence-electron chi connectivity index (χ3n) is 4.61. The van der Waals surface area contributed by atoms with Crippen LogP contribution in [0.3, 0.4) is 0 Å². The molecule has 0 bridgehead atoms. The number of hydrogen-bond donors (Lipinski definition) is 1. The zero-order valence-electron chi connectivity index (χ0n) is 14.1. The molecule has 0 aliphatic carbocycles. The molecule has 2 aromatic rings. The standard InChI is InChI=1S/C19H19IN2O4/c20-17(14-6-8-16(9-7-14)22(24)25)18(23)26-19(10-12-21-13-11-19)15-4-2-1-3-5-15/h1-9,17,21H,10-13H2. The van der Waals surface area contributed by atoms with Gasteiger partial charge in [-0.1, -0.05) is 65.1 Å². The van der Waals surface area contributed by atoms with Gasteiger partial charge in [-0.15, -0.1) is 0 Å². The number of esters is 1. The molecular formula is C19H19IN2O4. The van der Waals surface area contributed by atoms with Gasteiger partial charge in [0, 0.05) is 25.0 Å². The van der Waals surface area contributed by atoms with Gasteiger partial charge in [-0.3, -0.25) is 14.9 Å². The summed E-state index contributed by atoms with van der Waals surface area (Å²) in [5.41, 5.74) is 1.07. The molecule has 1 heterocycles. The van der Waals surface area contributed by atoms with Crippen molar-refractivity contribution < 1.29 is 14.5 Å². The Morgan fingerprint density at radius 1 is 1.12 bits per heavy atom. The van der Waals surface area contributed by atoms with Gasteiger partial charge in [-0.2, -0.15) is 0 Å². The molecule has 1 saturated heterocycles. The Labute approximate surface area is 165 Å². The van der Waals surface area contributed by atoms with Gasteiger partial charge in [0.15, 0.2) is 0 Å². The second-order valence-corrected chi connectivity index (χ2v) is 7.49. The van der Waals surface area contributed by atoms with Crippen LogP contribution in [-0.4, -0.2) is 24.0 Å². The van der Waals surface area contributed by atoms with E-state index in [9.17, 15) is 14.9 Å². The highest BCUT2D eigenvalue weighted by Crippen LogP contribution is 2.38. The number of hydrogen-bond acceptors (Lipinski definition) is 5. The van der Waals surface area contributed by atoms with Crippen molar-refractivity contribution in [3.05, 3.63) is 75.8 Å². The molecule has 1 unspecified atom stereocenters. The van der Waals surface area contributed by atoms with Crippen molar-refractivity contribution in [3.8, 4) is 0 Å². The number of ether oxygens (including phenoxy) is 1. The Kier molecular flexibility index (Phi) is 5.87. The number of nitrogens with zero attached hydrogens (tertiary/aromatic N) is 1. The first-order valence-electron chi connectivity index (χ1n) is 8.39. The third-order valence-corrected chi connectivity index (χ3v) is 5.84. The minimum absolute atomic E-state index is 0.00447. The summed E-state index contributed by atoms with van der Waals surface area (Å²) in [6, 6.07) is 15.9. The third kappa shape index (κ3) is 4.04. The van der Waals surface area contributed by atoms with E-state index >= 15 is 0 Å². The van der Waals surface area contributed by atoms with Crippen LogP contribution in [0.2, 0.25) is 0 Å². The zero-order chi connectivity index (χ0) is 18.6. The number of rotatable bonds is 5. The van der Waals surface area contributed by atoms with Gasteiger partial charge in [0.1, 0.15) is 9.53 Å². The molecule has 0 spiro atoms. The fourth-order valence-corrected chi connectivity index (χ4v) is 3.71. The maximum atomic E-state index is 12.8. The molecule has 1 atom stereocenters. The van der Waals surface area contributed by atoms with Crippen molar-refractivity contribution in [1.29, 1.82) is 0 Å². The Bertz CT molecular complexity index is 774. The molecule has 0 amide bonds. The van der Waals surface area contributed by atoms with E-state index in [1.165, 1.54) is 12.1 Å². The molecular weight excluding hydrogens is 447 g/mol. The minimum atomic E-state index is -0.631. The van der Waals surface area contributed by atoms with Crippen LogP contribution in [0.5, 0.6) is 0 Å². The topological polar surface area (TPSA) is 81.5 Å². The van der Waals surface area contributed by atoms with Crippen molar-refractivity contribution in [2.75, 3.05) is 13.1 Å². The number of nitro benzene ring substituents is 1. The number of piperidine rings is 1. The van der Waals surface area contributed by atoms with Crippen LogP contribution < -0.4 is 5.32 Å². The highest BCUT2D eigenvalue weighted by Gasteiger charge is 2.39. The summed E-state index contributed by atoms with van der Waals surface area (Å²) in [6.07, 6.45) is 1.43. The van der Waals surface area contributed by atoms with Crippen LogP contribution in [0.4, 0.5) is 5.69 Å². The van der Waals surface area contributed by atoms with E-state index < -0.39 is 14.4 Å². The van der Waals surface area contributed by atoms with Gasteiger partial charge in [-0.25, -0.2) is 0 Å². The normalized spacial score (nSPS) is 17.3. The van der Waals surface area contributed by atoms with Crippen molar-refractivity contribution in [1.82, 2.24) is 5.32 Å². The summed E-state index contributed by atoms with van der Waals surface area (Å²) in [5.74, 6) is -0.329. The Hall–Kier alpha value is -2.00. The molecule has 3 rings (SSSR count). The van der Waals surface area contributed by atoms with E-state index in [-0.39, 0.29) is 11.7 Å². The summed E-state index contributed by atoms with van der Waals surface area (Å²) in [6.45, 7) is 1.57. The van der Waals surface area contributed by atoms with Gasteiger partial charge in [0.05, 0.1) is 4.92 Å². The molecule has 26 heavy (non-hydrogen) atoms. The molecule has 1 aliphatic heterocycles. The molecule has 136 valence electrons. The predicted molar refractivity (Wildman–Crippen MR) is 106 cm³/mol. The molecule has 0 saturated carbocycles. The minimum Gasteiger partial charge on any atom is -0.453 e. The number of carbonyl (C=O) groups is 1. The number of non-ortho nitro benzene ring substituents is 1. The van der Waals surface area contributed by atoms with Gasteiger partial charge < -0.3 is 10.1 Å². The van der Waals surface area contributed by atoms with Crippen LogP contribution in [0.15, 0.2) is 54.6 Å². The Balaban J connectivity index is 1.80. The molecule has 7 heteroatoms. The lowest BCUT2D eigenvalue weighted by Gasteiger charge is -2.38. The lowest BCUT2D eigenvalue weighted by molar-refractivity contribution is -0.384. The summed E-state index contributed by atoms with van der Waals surface area (Å²) in [7, 11) is 0. The van der Waals surface area contributed by atoms with Crippen molar-refractivity contribution in [3.63, 3.8) is 0 Å². The number of nitro groups is 1. The second-order valence-electron chi connectivity index (χ2n) is 6.24. The van der Waals surface area contributed by atoms with Gasteiger partial charge in [0.2, 0.25) is 0 Å². The number of nitrogens with one attached hydrogen (secondary N) is 1. The van der Waals surface area contributed by atoms with Gasteiger partial charge in [-0.05, 0) is 24.2 Å². The van der Waals surface area contributed by atoms with Crippen LogP contribution in [0.25, 0.3) is 0 Å². The maximum absolute atomic E-state index is 12.8. The van der Waals surface area contributed by atoms with E-state index in [2.05, 4.69) is 5.32 Å². The predicted octanol–water partition coefficient (Wildman–Crippen LogP) is 3.89. The highest BCUT2D eigenvalue weighted by atomic mass is 127.